The predicted molar refractivity (Wildman–Crippen MR) is 95.2 cm³/mol. The Balaban J connectivity index is 1.76. The number of carbonyl (C=O) groups excluding carboxylic acids is 1. The molecule has 0 bridgehead atoms. The van der Waals surface area contributed by atoms with E-state index in [0.717, 1.165) is 19.6 Å². The molecule has 0 spiro atoms. The molecule has 0 aliphatic carbocycles. The first-order valence-electron chi connectivity index (χ1n) is 8.61. The molecule has 0 N–H and O–H groups in total. The Morgan fingerprint density at radius 1 is 1.27 bits per heavy atom. The van der Waals surface area contributed by atoms with Crippen LogP contribution in [-0.4, -0.2) is 68.1 Å². The van der Waals surface area contributed by atoms with E-state index in [4.69, 9.17) is 0 Å². The number of hydrogen-bond donors (Lipinski definition) is 0. The van der Waals surface area contributed by atoms with Crippen LogP contribution in [0.2, 0.25) is 0 Å². The molecule has 1 aromatic heterocycles. The van der Waals surface area contributed by atoms with Crippen LogP contribution in [0.4, 0.5) is 5.69 Å². The lowest BCUT2D eigenvalue weighted by Gasteiger charge is -2.35. The highest BCUT2D eigenvalue weighted by atomic mass is 16.6. The molecule has 26 heavy (non-hydrogen) atoms. The van der Waals surface area contributed by atoms with Gasteiger partial charge in [-0.2, -0.15) is 5.10 Å². The minimum absolute atomic E-state index is 0.167. The summed E-state index contributed by atoms with van der Waals surface area (Å²) in [5.74, 6) is 0.409. The second kappa shape index (κ2) is 7.61. The van der Waals surface area contributed by atoms with Gasteiger partial charge in [0.2, 0.25) is 0 Å². The SMILES string of the molecule is CC(C)CN1CCN(C(=O)c2ccc(-n3cncn3)c([N+](=O)[O-])c2)CC1. The van der Waals surface area contributed by atoms with Crippen molar-refractivity contribution in [3.8, 4) is 5.69 Å². The van der Waals surface area contributed by atoms with Gasteiger partial charge in [-0.05, 0) is 18.1 Å². The van der Waals surface area contributed by atoms with E-state index in [1.54, 1.807) is 11.0 Å². The lowest BCUT2D eigenvalue weighted by molar-refractivity contribution is -0.384. The van der Waals surface area contributed by atoms with Crippen molar-refractivity contribution < 1.29 is 9.72 Å². The number of rotatable bonds is 5. The molecule has 0 atom stereocenters. The van der Waals surface area contributed by atoms with E-state index < -0.39 is 4.92 Å². The summed E-state index contributed by atoms with van der Waals surface area (Å²) in [5.41, 5.74) is 0.434. The molecule has 0 unspecified atom stereocenters. The maximum absolute atomic E-state index is 12.8. The van der Waals surface area contributed by atoms with Gasteiger partial charge in [0.15, 0.2) is 0 Å². The van der Waals surface area contributed by atoms with Gasteiger partial charge in [0.05, 0.1) is 4.92 Å². The number of nitro benzene ring substituents is 1. The minimum Gasteiger partial charge on any atom is -0.336 e. The topological polar surface area (TPSA) is 97.4 Å². The number of carbonyl (C=O) groups is 1. The van der Waals surface area contributed by atoms with E-state index in [2.05, 4.69) is 28.8 Å². The maximum atomic E-state index is 12.8. The van der Waals surface area contributed by atoms with Crippen molar-refractivity contribution in [1.82, 2.24) is 24.6 Å². The van der Waals surface area contributed by atoms with Crippen LogP contribution >= 0.6 is 0 Å². The van der Waals surface area contributed by atoms with Gasteiger partial charge in [-0.15, -0.1) is 0 Å². The zero-order chi connectivity index (χ0) is 18.7. The van der Waals surface area contributed by atoms with Crippen LogP contribution in [0.1, 0.15) is 24.2 Å². The van der Waals surface area contributed by atoms with Gasteiger partial charge < -0.3 is 4.90 Å². The van der Waals surface area contributed by atoms with Crippen LogP contribution < -0.4 is 0 Å². The monoisotopic (exact) mass is 358 g/mol. The molecule has 1 saturated heterocycles. The zero-order valence-corrected chi connectivity index (χ0v) is 14.9. The van der Waals surface area contributed by atoms with Crippen molar-refractivity contribution in [1.29, 1.82) is 0 Å². The van der Waals surface area contributed by atoms with E-state index in [0.29, 0.717) is 24.6 Å². The summed E-state index contributed by atoms with van der Waals surface area (Å²) in [6.45, 7) is 8.27. The lowest BCUT2D eigenvalue weighted by atomic mass is 10.1. The zero-order valence-electron chi connectivity index (χ0n) is 14.9. The summed E-state index contributed by atoms with van der Waals surface area (Å²) < 4.78 is 1.32. The third-order valence-electron chi connectivity index (χ3n) is 4.37. The molecular weight excluding hydrogens is 336 g/mol. The number of nitrogens with zero attached hydrogens (tertiary/aromatic N) is 6. The van der Waals surface area contributed by atoms with Crippen molar-refractivity contribution in [2.45, 2.75) is 13.8 Å². The molecule has 1 aromatic carbocycles. The van der Waals surface area contributed by atoms with Crippen LogP contribution in [0.25, 0.3) is 5.69 Å². The average Bonchev–Trinajstić information content (AvgIpc) is 3.15. The summed E-state index contributed by atoms with van der Waals surface area (Å²) in [4.78, 5) is 31.6. The largest absolute Gasteiger partial charge is 0.336 e. The third-order valence-corrected chi connectivity index (χ3v) is 4.37. The van der Waals surface area contributed by atoms with Crippen molar-refractivity contribution in [3.63, 3.8) is 0 Å². The van der Waals surface area contributed by atoms with Gasteiger partial charge in [0.25, 0.3) is 11.6 Å². The summed E-state index contributed by atoms with van der Waals surface area (Å²) in [6.07, 6.45) is 2.69. The number of piperazine rings is 1. The van der Waals surface area contributed by atoms with Crippen molar-refractivity contribution in [2.75, 3.05) is 32.7 Å². The van der Waals surface area contributed by atoms with Crippen LogP contribution in [0.15, 0.2) is 30.9 Å². The van der Waals surface area contributed by atoms with Crippen molar-refractivity contribution in [2.24, 2.45) is 5.92 Å². The molecule has 2 heterocycles. The predicted octanol–water partition coefficient (Wildman–Crippen LogP) is 1.59. The lowest BCUT2D eigenvalue weighted by Crippen LogP contribution is -2.49. The molecule has 1 aliphatic heterocycles. The van der Waals surface area contributed by atoms with Gasteiger partial charge >= 0.3 is 0 Å². The van der Waals surface area contributed by atoms with Crippen LogP contribution in [0, 0.1) is 16.0 Å². The van der Waals surface area contributed by atoms with E-state index in [-0.39, 0.29) is 17.3 Å². The fourth-order valence-corrected chi connectivity index (χ4v) is 3.16. The second-order valence-electron chi connectivity index (χ2n) is 6.79. The fourth-order valence-electron chi connectivity index (χ4n) is 3.16. The quantitative estimate of drug-likeness (QED) is 0.595. The van der Waals surface area contributed by atoms with Gasteiger partial charge in [-0.3, -0.25) is 19.8 Å². The van der Waals surface area contributed by atoms with Gasteiger partial charge in [-0.25, -0.2) is 9.67 Å². The molecule has 138 valence electrons. The number of aromatic nitrogens is 3. The van der Waals surface area contributed by atoms with Crippen LogP contribution in [-0.2, 0) is 0 Å². The second-order valence-corrected chi connectivity index (χ2v) is 6.79. The summed E-state index contributed by atoms with van der Waals surface area (Å²) in [7, 11) is 0. The molecule has 3 rings (SSSR count). The number of hydrogen-bond acceptors (Lipinski definition) is 6. The molecule has 1 fully saturated rings. The Morgan fingerprint density at radius 2 is 2.00 bits per heavy atom. The van der Waals surface area contributed by atoms with Crippen molar-refractivity contribution >= 4 is 11.6 Å². The van der Waals surface area contributed by atoms with Gasteiger partial charge in [-0.1, -0.05) is 13.8 Å². The first-order valence-corrected chi connectivity index (χ1v) is 8.61. The molecule has 1 aliphatic rings. The first kappa shape index (κ1) is 18.0. The van der Waals surface area contributed by atoms with Crippen LogP contribution in [0.3, 0.4) is 0 Å². The molecule has 9 nitrogen and oxygen atoms in total. The highest BCUT2D eigenvalue weighted by molar-refractivity contribution is 5.95. The highest BCUT2D eigenvalue weighted by Crippen LogP contribution is 2.24. The Labute approximate surface area is 151 Å². The summed E-state index contributed by atoms with van der Waals surface area (Å²) in [5, 5.41) is 15.4. The number of nitro groups is 1. The Morgan fingerprint density at radius 3 is 2.58 bits per heavy atom. The Bertz CT molecular complexity index is 782. The fraction of sp³-hybridized carbons (Fsp3) is 0.471. The first-order chi connectivity index (χ1) is 12.5. The van der Waals surface area contributed by atoms with Gasteiger partial charge in [0, 0.05) is 44.4 Å². The van der Waals surface area contributed by atoms with Crippen molar-refractivity contribution in [3.05, 3.63) is 46.5 Å². The van der Waals surface area contributed by atoms with Gasteiger partial charge in [0.1, 0.15) is 18.3 Å². The third kappa shape index (κ3) is 3.88. The summed E-state index contributed by atoms with van der Waals surface area (Å²) >= 11 is 0. The molecule has 0 saturated carbocycles. The van der Waals surface area contributed by atoms with E-state index in [9.17, 15) is 14.9 Å². The standard InChI is InChI=1S/C17H22N6O3/c1-13(2)10-20-5-7-21(8-6-20)17(24)14-3-4-15(16(9-14)23(25)26)22-12-18-11-19-22/h3-4,9,11-13H,5-8,10H2,1-2H3. The molecular formula is C17H22N6O3. The highest BCUT2D eigenvalue weighted by Gasteiger charge is 2.25. The molecule has 0 radical (unpaired) electrons. The molecule has 9 heteroatoms. The minimum atomic E-state index is -0.506. The smallest absolute Gasteiger partial charge is 0.295 e. The average molecular weight is 358 g/mol. The Hall–Kier alpha value is -2.81. The molecule has 1 amide bonds. The Kier molecular flexibility index (Phi) is 5.27. The maximum Gasteiger partial charge on any atom is 0.295 e. The van der Waals surface area contributed by atoms with E-state index in [1.807, 2.05) is 0 Å². The van der Waals surface area contributed by atoms with E-state index in [1.165, 1.54) is 29.5 Å². The molecule has 2 aromatic rings. The van der Waals surface area contributed by atoms with E-state index >= 15 is 0 Å². The number of benzene rings is 1. The number of amides is 1. The van der Waals surface area contributed by atoms with Crippen LogP contribution in [0.5, 0.6) is 0 Å². The normalized spacial score (nSPS) is 15.4. The summed E-state index contributed by atoms with van der Waals surface area (Å²) in [6, 6.07) is 4.46.